The summed E-state index contributed by atoms with van der Waals surface area (Å²) in [6, 6.07) is 1.62. The Hall–Kier alpha value is -1.15. The van der Waals surface area contributed by atoms with E-state index in [-0.39, 0.29) is 17.2 Å². The van der Waals surface area contributed by atoms with Crippen LogP contribution in [0.5, 0.6) is 0 Å². The number of hydrogen-bond acceptors (Lipinski definition) is 4. The van der Waals surface area contributed by atoms with E-state index in [0.29, 0.717) is 0 Å². The molecule has 0 spiro atoms. The van der Waals surface area contributed by atoms with Crippen molar-refractivity contribution < 1.29 is 9.90 Å². The van der Waals surface area contributed by atoms with Gasteiger partial charge < -0.3 is 10.8 Å². The largest absolute Gasteiger partial charge is 0.477 e. The fourth-order valence-corrected chi connectivity index (χ4v) is 1.89. The topological polar surface area (TPSA) is 87.1 Å². The SMILES string of the molecule is CCC(CSC)/C(N)=C(\C#N)C(=O)O. The molecule has 1 atom stereocenters. The second-order valence-electron chi connectivity index (χ2n) is 2.81. The van der Waals surface area contributed by atoms with Gasteiger partial charge in [0.1, 0.15) is 6.07 Å². The van der Waals surface area contributed by atoms with E-state index < -0.39 is 5.97 Å². The van der Waals surface area contributed by atoms with Crippen LogP contribution in [0.2, 0.25) is 0 Å². The first-order valence-electron chi connectivity index (χ1n) is 4.20. The highest BCUT2D eigenvalue weighted by atomic mass is 32.2. The Balaban J connectivity index is 4.92. The average Bonchev–Trinajstić information content (AvgIpc) is 2.14. The molecule has 0 saturated heterocycles. The van der Waals surface area contributed by atoms with Crippen LogP contribution >= 0.6 is 11.8 Å². The molecular formula is C9H14N2O2S. The van der Waals surface area contributed by atoms with Crippen LogP contribution in [-0.4, -0.2) is 23.1 Å². The van der Waals surface area contributed by atoms with Crippen LogP contribution < -0.4 is 5.73 Å². The summed E-state index contributed by atoms with van der Waals surface area (Å²) in [5.41, 5.74) is 5.50. The Kier molecular flexibility index (Phi) is 5.81. The highest BCUT2D eigenvalue weighted by molar-refractivity contribution is 7.98. The molecular weight excluding hydrogens is 200 g/mol. The fraction of sp³-hybridized carbons (Fsp3) is 0.556. The number of aliphatic carboxylic acids is 1. The highest BCUT2D eigenvalue weighted by Crippen LogP contribution is 2.18. The van der Waals surface area contributed by atoms with Gasteiger partial charge in [-0.2, -0.15) is 17.0 Å². The number of nitriles is 1. The quantitative estimate of drug-likeness (QED) is 0.530. The number of hydrogen-bond donors (Lipinski definition) is 2. The zero-order valence-electron chi connectivity index (χ0n) is 8.28. The molecule has 0 aromatic rings. The number of rotatable bonds is 5. The minimum atomic E-state index is -1.25. The maximum atomic E-state index is 10.6. The summed E-state index contributed by atoms with van der Waals surface area (Å²) in [6.45, 7) is 1.92. The smallest absolute Gasteiger partial charge is 0.348 e. The predicted octanol–water partition coefficient (Wildman–Crippen LogP) is 1.20. The van der Waals surface area contributed by atoms with Crippen LogP contribution in [0.25, 0.3) is 0 Å². The van der Waals surface area contributed by atoms with Crippen LogP contribution in [0, 0.1) is 17.2 Å². The molecule has 0 aromatic carbocycles. The summed E-state index contributed by atoms with van der Waals surface area (Å²) in [5.74, 6) is -0.541. The third kappa shape index (κ3) is 3.30. The Morgan fingerprint density at radius 3 is 2.57 bits per heavy atom. The van der Waals surface area contributed by atoms with Crippen molar-refractivity contribution in [1.82, 2.24) is 0 Å². The molecule has 0 heterocycles. The number of carbonyl (C=O) groups is 1. The number of carboxylic acids is 1. The van der Waals surface area contributed by atoms with Gasteiger partial charge in [0.25, 0.3) is 0 Å². The van der Waals surface area contributed by atoms with E-state index in [4.69, 9.17) is 16.1 Å². The first-order valence-corrected chi connectivity index (χ1v) is 5.59. The van der Waals surface area contributed by atoms with Crippen molar-refractivity contribution in [1.29, 1.82) is 5.26 Å². The van der Waals surface area contributed by atoms with Crippen molar-refractivity contribution in [2.45, 2.75) is 13.3 Å². The lowest BCUT2D eigenvalue weighted by Crippen LogP contribution is -2.19. The van der Waals surface area contributed by atoms with E-state index in [1.807, 2.05) is 13.2 Å². The van der Waals surface area contributed by atoms with Gasteiger partial charge in [-0.25, -0.2) is 4.79 Å². The lowest BCUT2D eigenvalue weighted by molar-refractivity contribution is -0.132. The van der Waals surface area contributed by atoms with Crippen molar-refractivity contribution in [2.75, 3.05) is 12.0 Å². The summed E-state index contributed by atoms with van der Waals surface area (Å²) in [7, 11) is 0. The van der Waals surface area contributed by atoms with E-state index in [2.05, 4.69) is 0 Å². The van der Waals surface area contributed by atoms with E-state index in [9.17, 15) is 4.79 Å². The lowest BCUT2D eigenvalue weighted by Gasteiger charge is -2.14. The first kappa shape index (κ1) is 12.8. The molecule has 0 bridgehead atoms. The molecule has 0 radical (unpaired) electrons. The Morgan fingerprint density at radius 2 is 2.29 bits per heavy atom. The van der Waals surface area contributed by atoms with Crippen molar-refractivity contribution in [3.63, 3.8) is 0 Å². The van der Waals surface area contributed by atoms with Crippen LogP contribution in [0.1, 0.15) is 13.3 Å². The average molecular weight is 214 g/mol. The van der Waals surface area contributed by atoms with Crippen LogP contribution in [0.15, 0.2) is 11.3 Å². The number of nitrogens with two attached hydrogens (primary N) is 1. The molecule has 4 nitrogen and oxygen atoms in total. The van der Waals surface area contributed by atoms with Crippen molar-refractivity contribution in [3.05, 3.63) is 11.3 Å². The lowest BCUT2D eigenvalue weighted by atomic mass is 10.0. The summed E-state index contributed by atoms with van der Waals surface area (Å²) >= 11 is 1.59. The molecule has 78 valence electrons. The predicted molar refractivity (Wildman–Crippen MR) is 56.6 cm³/mol. The molecule has 0 saturated carbocycles. The van der Waals surface area contributed by atoms with Gasteiger partial charge in [-0.15, -0.1) is 0 Å². The Labute approximate surface area is 87.8 Å². The van der Waals surface area contributed by atoms with Gasteiger partial charge >= 0.3 is 5.97 Å². The number of thioether (sulfide) groups is 1. The Morgan fingerprint density at radius 1 is 1.71 bits per heavy atom. The fourth-order valence-electron chi connectivity index (χ4n) is 1.07. The molecule has 3 N–H and O–H groups in total. The van der Waals surface area contributed by atoms with Gasteiger partial charge in [0, 0.05) is 17.4 Å². The third-order valence-corrected chi connectivity index (χ3v) is 2.65. The Bertz CT molecular complexity index is 281. The zero-order valence-corrected chi connectivity index (χ0v) is 9.10. The molecule has 1 unspecified atom stereocenters. The van der Waals surface area contributed by atoms with E-state index in [0.717, 1.165) is 12.2 Å². The summed E-state index contributed by atoms with van der Waals surface area (Å²) in [4.78, 5) is 10.6. The van der Waals surface area contributed by atoms with Crippen molar-refractivity contribution >= 4 is 17.7 Å². The second kappa shape index (κ2) is 6.33. The van der Waals surface area contributed by atoms with Gasteiger partial charge in [0.2, 0.25) is 0 Å². The monoisotopic (exact) mass is 214 g/mol. The summed E-state index contributed by atoms with van der Waals surface area (Å²) in [6.07, 6.45) is 2.66. The van der Waals surface area contributed by atoms with Crippen LogP contribution in [0.3, 0.4) is 0 Å². The molecule has 14 heavy (non-hydrogen) atoms. The molecule has 0 aliphatic heterocycles. The highest BCUT2D eigenvalue weighted by Gasteiger charge is 2.18. The third-order valence-electron chi connectivity index (χ3n) is 1.91. The van der Waals surface area contributed by atoms with E-state index in [1.165, 1.54) is 0 Å². The summed E-state index contributed by atoms with van der Waals surface area (Å²) in [5, 5.41) is 17.3. The van der Waals surface area contributed by atoms with Gasteiger partial charge in [-0.05, 0) is 12.7 Å². The van der Waals surface area contributed by atoms with Gasteiger partial charge in [-0.3, -0.25) is 0 Å². The van der Waals surface area contributed by atoms with E-state index in [1.54, 1.807) is 17.8 Å². The molecule has 0 fully saturated rings. The minimum Gasteiger partial charge on any atom is -0.477 e. The first-order chi connectivity index (χ1) is 6.58. The maximum absolute atomic E-state index is 10.6. The summed E-state index contributed by atoms with van der Waals surface area (Å²) < 4.78 is 0. The van der Waals surface area contributed by atoms with Gasteiger partial charge in [0.15, 0.2) is 5.57 Å². The second-order valence-corrected chi connectivity index (χ2v) is 3.72. The van der Waals surface area contributed by atoms with Crippen LogP contribution in [0.4, 0.5) is 0 Å². The molecule has 0 aliphatic carbocycles. The molecule has 0 rings (SSSR count). The van der Waals surface area contributed by atoms with Gasteiger partial charge in [-0.1, -0.05) is 6.92 Å². The molecule has 0 aromatic heterocycles. The van der Waals surface area contributed by atoms with Crippen molar-refractivity contribution in [2.24, 2.45) is 11.7 Å². The number of allylic oxidation sites excluding steroid dienone is 1. The minimum absolute atomic E-state index is 0.0317. The molecule has 5 heteroatoms. The van der Waals surface area contributed by atoms with Crippen LogP contribution in [-0.2, 0) is 4.79 Å². The number of carboxylic acid groups (broad SMARTS) is 1. The zero-order chi connectivity index (χ0) is 11.1. The molecule has 0 aliphatic rings. The normalized spacial score (nSPS) is 14.1. The number of nitrogens with zero attached hydrogens (tertiary/aromatic N) is 1. The molecule has 0 amide bonds. The van der Waals surface area contributed by atoms with Crippen molar-refractivity contribution in [3.8, 4) is 6.07 Å². The standard InChI is InChI=1S/C9H14N2O2S/c1-3-6(5-14-2)8(11)7(4-10)9(12)13/h6H,3,5,11H2,1-2H3,(H,12,13)/b8-7-. The van der Waals surface area contributed by atoms with Gasteiger partial charge in [0.05, 0.1) is 0 Å². The maximum Gasteiger partial charge on any atom is 0.348 e. The van der Waals surface area contributed by atoms with E-state index >= 15 is 0 Å².